The van der Waals surface area contributed by atoms with Crippen molar-refractivity contribution in [1.29, 1.82) is 0 Å². The first-order chi connectivity index (χ1) is 7.50. The summed E-state index contributed by atoms with van der Waals surface area (Å²) in [6.45, 7) is 0.604. The quantitative estimate of drug-likeness (QED) is 0.452. The highest BCUT2D eigenvalue weighted by Crippen LogP contribution is 2.03. The maximum atomic E-state index is 11.4. The monoisotopic (exact) mass is 229 g/mol. The highest BCUT2D eigenvalue weighted by atomic mass is 16.4. The fourth-order valence-corrected chi connectivity index (χ4v) is 1.47. The molecule has 7 nitrogen and oxygen atoms in total. The number of carboxylic acid groups (broad SMARTS) is 1. The third-order valence-electron chi connectivity index (χ3n) is 2.33. The van der Waals surface area contributed by atoms with E-state index in [-0.39, 0.29) is 5.91 Å². The van der Waals surface area contributed by atoms with Crippen LogP contribution in [0.15, 0.2) is 0 Å². The van der Waals surface area contributed by atoms with E-state index in [1.807, 2.05) is 0 Å². The number of hydrogen-bond acceptors (Lipinski definition) is 4. The van der Waals surface area contributed by atoms with Crippen LogP contribution in [-0.2, 0) is 14.4 Å². The molecule has 1 aliphatic rings. The Kier molecular flexibility index (Phi) is 4.24. The molecule has 0 radical (unpaired) electrons. The molecule has 2 atom stereocenters. The van der Waals surface area contributed by atoms with E-state index in [0.29, 0.717) is 13.0 Å². The summed E-state index contributed by atoms with van der Waals surface area (Å²) < 4.78 is 0. The number of carboxylic acids is 1. The molecule has 7 heteroatoms. The predicted octanol–water partition coefficient (Wildman–Crippen LogP) is -1.82. The summed E-state index contributed by atoms with van der Waals surface area (Å²) in [5.41, 5.74) is 5.36. The number of rotatable bonds is 4. The van der Waals surface area contributed by atoms with Gasteiger partial charge in [-0.2, -0.15) is 0 Å². The standard InChI is InChI=1S/C9H15N3O4/c10-5(4-7(13)14)8(15)12-6-2-1-3-11-9(6)16/h5-6H,1-4,10H2,(H,11,16)(H,12,15)(H,13,14). The van der Waals surface area contributed by atoms with Crippen molar-refractivity contribution < 1.29 is 19.5 Å². The van der Waals surface area contributed by atoms with E-state index in [0.717, 1.165) is 6.42 Å². The van der Waals surface area contributed by atoms with Gasteiger partial charge in [0.05, 0.1) is 12.5 Å². The zero-order valence-electron chi connectivity index (χ0n) is 8.73. The Bertz CT molecular complexity index is 305. The Balaban J connectivity index is 2.43. The molecule has 90 valence electrons. The van der Waals surface area contributed by atoms with Crippen LogP contribution in [0.2, 0.25) is 0 Å². The average Bonchev–Trinajstić information content (AvgIpc) is 2.20. The second kappa shape index (κ2) is 5.45. The minimum absolute atomic E-state index is 0.248. The Labute approximate surface area is 92.4 Å². The molecule has 0 aromatic heterocycles. The Morgan fingerprint density at radius 2 is 2.31 bits per heavy atom. The first-order valence-corrected chi connectivity index (χ1v) is 5.06. The largest absolute Gasteiger partial charge is 0.481 e. The Hall–Kier alpha value is -1.63. The molecule has 1 aliphatic heterocycles. The maximum absolute atomic E-state index is 11.4. The van der Waals surface area contributed by atoms with Crippen LogP contribution < -0.4 is 16.4 Å². The third-order valence-corrected chi connectivity index (χ3v) is 2.33. The van der Waals surface area contributed by atoms with Gasteiger partial charge in [0.25, 0.3) is 0 Å². The molecule has 0 aromatic rings. The molecule has 1 heterocycles. The van der Waals surface area contributed by atoms with Crippen LogP contribution in [-0.4, -0.2) is 41.5 Å². The summed E-state index contributed by atoms with van der Waals surface area (Å²) in [6.07, 6.45) is 0.891. The van der Waals surface area contributed by atoms with Gasteiger partial charge in [0.2, 0.25) is 11.8 Å². The molecule has 5 N–H and O–H groups in total. The van der Waals surface area contributed by atoms with Gasteiger partial charge in [-0.15, -0.1) is 0 Å². The van der Waals surface area contributed by atoms with Crippen molar-refractivity contribution in [1.82, 2.24) is 10.6 Å². The van der Waals surface area contributed by atoms with E-state index in [9.17, 15) is 14.4 Å². The van der Waals surface area contributed by atoms with Crippen LogP contribution >= 0.6 is 0 Å². The first-order valence-electron chi connectivity index (χ1n) is 5.06. The summed E-state index contributed by atoms with van der Waals surface area (Å²) in [5.74, 6) is -2.00. The van der Waals surface area contributed by atoms with Crippen molar-refractivity contribution in [3.05, 3.63) is 0 Å². The molecule has 1 fully saturated rings. The van der Waals surface area contributed by atoms with E-state index in [4.69, 9.17) is 10.8 Å². The minimum atomic E-state index is -1.14. The Morgan fingerprint density at radius 3 is 2.88 bits per heavy atom. The molecule has 16 heavy (non-hydrogen) atoms. The van der Waals surface area contributed by atoms with Crippen LogP contribution in [0.3, 0.4) is 0 Å². The molecule has 1 rings (SSSR count). The number of hydrogen-bond donors (Lipinski definition) is 4. The van der Waals surface area contributed by atoms with Crippen LogP contribution in [0.25, 0.3) is 0 Å². The van der Waals surface area contributed by atoms with Gasteiger partial charge in [0.15, 0.2) is 0 Å². The summed E-state index contributed by atoms with van der Waals surface area (Å²) >= 11 is 0. The summed E-state index contributed by atoms with van der Waals surface area (Å²) in [6, 6.07) is -1.71. The molecule has 0 spiro atoms. The van der Waals surface area contributed by atoms with Crippen molar-refractivity contribution in [3.63, 3.8) is 0 Å². The molecular formula is C9H15N3O4. The van der Waals surface area contributed by atoms with Gasteiger partial charge >= 0.3 is 5.97 Å². The van der Waals surface area contributed by atoms with Gasteiger partial charge in [0, 0.05) is 6.54 Å². The van der Waals surface area contributed by atoms with Gasteiger partial charge in [-0.25, -0.2) is 0 Å². The number of amides is 2. The molecule has 0 aromatic carbocycles. The summed E-state index contributed by atoms with van der Waals surface area (Å²) in [7, 11) is 0. The lowest BCUT2D eigenvalue weighted by Gasteiger charge is -2.23. The number of piperidine rings is 1. The lowest BCUT2D eigenvalue weighted by Crippen LogP contribution is -2.54. The highest BCUT2D eigenvalue weighted by Gasteiger charge is 2.26. The fourth-order valence-electron chi connectivity index (χ4n) is 1.47. The van der Waals surface area contributed by atoms with E-state index in [1.165, 1.54) is 0 Å². The number of aliphatic carboxylic acids is 1. The van der Waals surface area contributed by atoms with Crippen molar-refractivity contribution in [2.75, 3.05) is 6.54 Å². The first kappa shape index (κ1) is 12.4. The van der Waals surface area contributed by atoms with Gasteiger partial charge in [-0.05, 0) is 12.8 Å². The normalized spacial score (nSPS) is 22.1. The van der Waals surface area contributed by atoms with Crippen LogP contribution in [0.5, 0.6) is 0 Å². The number of nitrogens with two attached hydrogens (primary N) is 1. The molecule has 0 bridgehead atoms. The van der Waals surface area contributed by atoms with E-state index in [1.54, 1.807) is 0 Å². The molecule has 1 saturated heterocycles. The molecule has 0 saturated carbocycles. The number of carbonyl (C=O) groups excluding carboxylic acids is 2. The third kappa shape index (κ3) is 3.50. The van der Waals surface area contributed by atoms with Gasteiger partial charge in [-0.1, -0.05) is 0 Å². The fraction of sp³-hybridized carbons (Fsp3) is 0.667. The van der Waals surface area contributed by atoms with Gasteiger partial charge in [-0.3, -0.25) is 14.4 Å². The van der Waals surface area contributed by atoms with E-state index in [2.05, 4.69) is 10.6 Å². The molecular weight excluding hydrogens is 214 g/mol. The molecule has 0 aliphatic carbocycles. The van der Waals surface area contributed by atoms with Gasteiger partial charge < -0.3 is 21.5 Å². The molecule has 2 amide bonds. The van der Waals surface area contributed by atoms with Crippen molar-refractivity contribution >= 4 is 17.8 Å². The second-order valence-electron chi connectivity index (χ2n) is 3.70. The summed E-state index contributed by atoms with van der Waals surface area (Å²) in [4.78, 5) is 33.0. The minimum Gasteiger partial charge on any atom is -0.481 e. The van der Waals surface area contributed by atoms with Crippen molar-refractivity contribution in [3.8, 4) is 0 Å². The number of carbonyl (C=O) groups is 3. The lowest BCUT2D eigenvalue weighted by atomic mass is 10.1. The van der Waals surface area contributed by atoms with E-state index >= 15 is 0 Å². The lowest BCUT2D eigenvalue weighted by molar-refractivity contribution is -0.139. The molecule has 2 unspecified atom stereocenters. The topological polar surface area (TPSA) is 122 Å². The van der Waals surface area contributed by atoms with Gasteiger partial charge in [0.1, 0.15) is 6.04 Å². The van der Waals surface area contributed by atoms with Crippen molar-refractivity contribution in [2.24, 2.45) is 5.73 Å². The predicted molar refractivity (Wildman–Crippen MR) is 54.4 cm³/mol. The average molecular weight is 229 g/mol. The highest BCUT2D eigenvalue weighted by molar-refractivity contribution is 5.91. The zero-order chi connectivity index (χ0) is 12.1. The summed E-state index contributed by atoms with van der Waals surface area (Å²) in [5, 5.41) is 13.5. The van der Waals surface area contributed by atoms with E-state index < -0.39 is 30.4 Å². The maximum Gasteiger partial charge on any atom is 0.305 e. The van der Waals surface area contributed by atoms with Crippen LogP contribution in [0.4, 0.5) is 0 Å². The zero-order valence-corrected chi connectivity index (χ0v) is 8.73. The van der Waals surface area contributed by atoms with Crippen LogP contribution in [0.1, 0.15) is 19.3 Å². The SMILES string of the molecule is NC(CC(=O)O)C(=O)NC1CCCNC1=O. The Morgan fingerprint density at radius 1 is 1.62 bits per heavy atom. The second-order valence-corrected chi connectivity index (χ2v) is 3.70. The smallest absolute Gasteiger partial charge is 0.305 e. The van der Waals surface area contributed by atoms with Crippen LogP contribution in [0, 0.1) is 0 Å². The van der Waals surface area contributed by atoms with Crippen molar-refractivity contribution in [2.45, 2.75) is 31.3 Å². The number of nitrogens with one attached hydrogen (secondary N) is 2.